The highest BCUT2D eigenvalue weighted by Crippen LogP contribution is 2.28. The topological polar surface area (TPSA) is 21.3 Å². The summed E-state index contributed by atoms with van der Waals surface area (Å²) in [6.45, 7) is 4.15. The second kappa shape index (κ2) is 8.12. The molecule has 0 aromatic carbocycles. The smallest absolute Gasteiger partial charge is 0.0613 e. The van der Waals surface area contributed by atoms with Gasteiger partial charge in [0.25, 0.3) is 0 Å². The van der Waals surface area contributed by atoms with Crippen LogP contribution in [0, 0.1) is 5.92 Å². The van der Waals surface area contributed by atoms with Crippen LogP contribution >= 0.6 is 0 Å². The summed E-state index contributed by atoms with van der Waals surface area (Å²) in [6, 6.07) is 0.501. The van der Waals surface area contributed by atoms with E-state index >= 15 is 0 Å². The van der Waals surface area contributed by atoms with E-state index in [1.165, 1.54) is 44.9 Å². The van der Waals surface area contributed by atoms with Gasteiger partial charge in [0.15, 0.2) is 0 Å². The van der Waals surface area contributed by atoms with E-state index in [2.05, 4.69) is 12.2 Å². The van der Waals surface area contributed by atoms with Crippen molar-refractivity contribution in [2.45, 2.75) is 57.9 Å². The van der Waals surface area contributed by atoms with E-state index < -0.39 is 0 Å². The fourth-order valence-corrected chi connectivity index (χ4v) is 2.51. The van der Waals surface area contributed by atoms with Gasteiger partial charge in [0.2, 0.25) is 0 Å². The van der Waals surface area contributed by atoms with Gasteiger partial charge in [-0.2, -0.15) is 0 Å². The molecule has 1 aliphatic rings. The van der Waals surface area contributed by atoms with E-state index in [-0.39, 0.29) is 0 Å². The Balaban J connectivity index is 1.84. The number of rotatable bonds is 8. The summed E-state index contributed by atoms with van der Waals surface area (Å²) in [7, 11) is 1.76. The first kappa shape index (κ1) is 13.0. The largest absolute Gasteiger partial charge is 0.383 e. The van der Waals surface area contributed by atoms with E-state index in [9.17, 15) is 0 Å². The summed E-state index contributed by atoms with van der Waals surface area (Å²) < 4.78 is 5.08. The molecule has 90 valence electrons. The number of hydrogen-bond acceptors (Lipinski definition) is 2. The quantitative estimate of drug-likeness (QED) is 0.626. The number of nitrogens with one attached hydrogen (secondary N) is 1. The summed E-state index contributed by atoms with van der Waals surface area (Å²) in [6.07, 6.45) is 10.1. The predicted octanol–water partition coefficient (Wildman–Crippen LogP) is 2.97. The number of ether oxygens (including phenoxy) is 1. The van der Waals surface area contributed by atoms with E-state index in [4.69, 9.17) is 4.74 Å². The lowest BCUT2D eigenvalue weighted by Gasteiger charge is -2.13. The van der Waals surface area contributed by atoms with Crippen molar-refractivity contribution in [1.29, 1.82) is 0 Å². The third-order valence-electron chi connectivity index (χ3n) is 3.42. The lowest BCUT2D eigenvalue weighted by Crippen LogP contribution is -2.30. The number of unbranched alkanes of at least 4 members (excludes halogenated alkanes) is 1. The number of methoxy groups -OCH3 is 1. The maximum atomic E-state index is 5.08. The van der Waals surface area contributed by atoms with Gasteiger partial charge in [-0.05, 0) is 25.8 Å². The van der Waals surface area contributed by atoms with Crippen LogP contribution in [0.25, 0.3) is 0 Å². The Bertz CT molecular complexity index is 143. The molecule has 0 saturated heterocycles. The summed E-state index contributed by atoms with van der Waals surface area (Å²) in [5, 5.41) is 3.48. The van der Waals surface area contributed by atoms with Crippen molar-refractivity contribution in [1.82, 2.24) is 5.32 Å². The molecule has 0 radical (unpaired) electrons. The van der Waals surface area contributed by atoms with Crippen LogP contribution in [-0.4, -0.2) is 26.3 Å². The molecule has 0 aliphatic heterocycles. The molecular weight excluding hydrogens is 186 g/mol. The first-order valence-corrected chi connectivity index (χ1v) is 6.55. The molecule has 2 nitrogen and oxygen atoms in total. The van der Waals surface area contributed by atoms with Gasteiger partial charge in [-0.15, -0.1) is 0 Å². The molecule has 2 heteroatoms. The van der Waals surface area contributed by atoms with E-state index in [1.54, 1.807) is 7.11 Å². The molecule has 15 heavy (non-hydrogen) atoms. The predicted molar refractivity (Wildman–Crippen MR) is 65.1 cm³/mol. The van der Waals surface area contributed by atoms with Gasteiger partial charge in [-0.1, -0.05) is 38.5 Å². The van der Waals surface area contributed by atoms with Gasteiger partial charge in [0.1, 0.15) is 0 Å². The molecule has 1 unspecified atom stereocenters. The van der Waals surface area contributed by atoms with Crippen LogP contribution in [0.5, 0.6) is 0 Å². The minimum Gasteiger partial charge on any atom is -0.383 e. The first-order chi connectivity index (χ1) is 7.33. The second-order valence-electron chi connectivity index (χ2n) is 4.96. The highest BCUT2D eigenvalue weighted by atomic mass is 16.5. The Labute approximate surface area is 94.8 Å². The normalized spacial score (nSPS) is 19.6. The zero-order valence-electron chi connectivity index (χ0n) is 10.4. The van der Waals surface area contributed by atoms with Crippen molar-refractivity contribution >= 4 is 0 Å². The molecule has 0 aromatic rings. The summed E-state index contributed by atoms with van der Waals surface area (Å²) >= 11 is 0. The molecule has 0 spiro atoms. The SMILES string of the molecule is COCC(C)NCCCCC1CCCC1. The molecule has 0 heterocycles. The Hall–Kier alpha value is -0.0800. The average molecular weight is 213 g/mol. The van der Waals surface area contributed by atoms with Gasteiger partial charge in [0, 0.05) is 13.2 Å². The summed E-state index contributed by atoms with van der Waals surface area (Å²) in [4.78, 5) is 0. The Kier molecular flexibility index (Phi) is 7.03. The molecule has 0 amide bonds. The average Bonchev–Trinajstić information content (AvgIpc) is 2.70. The Morgan fingerprint density at radius 3 is 2.67 bits per heavy atom. The van der Waals surface area contributed by atoms with Gasteiger partial charge in [-0.3, -0.25) is 0 Å². The molecule has 0 aromatic heterocycles. The fourth-order valence-electron chi connectivity index (χ4n) is 2.51. The van der Waals surface area contributed by atoms with Crippen molar-refractivity contribution in [3.05, 3.63) is 0 Å². The molecule has 1 rings (SSSR count). The fraction of sp³-hybridized carbons (Fsp3) is 1.00. The lowest BCUT2D eigenvalue weighted by atomic mass is 10.0. The molecule has 1 atom stereocenters. The van der Waals surface area contributed by atoms with Crippen LogP contribution in [0.2, 0.25) is 0 Å². The third-order valence-corrected chi connectivity index (χ3v) is 3.42. The maximum absolute atomic E-state index is 5.08. The molecular formula is C13H27NO. The van der Waals surface area contributed by atoms with Crippen LogP contribution in [0.3, 0.4) is 0 Å². The van der Waals surface area contributed by atoms with Gasteiger partial charge in [0.05, 0.1) is 6.61 Å². The Morgan fingerprint density at radius 1 is 1.27 bits per heavy atom. The van der Waals surface area contributed by atoms with Gasteiger partial charge < -0.3 is 10.1 Å². The van der Waals surface area contributed by atoms with Gasteiger partial charge in [-0.25, -0.2) is 0 Å². The van der Waals surface area contributed by atoms with E-state index in [0.717, 1.165) is 19.1 Å². The zero-order chi connectivity index (χ0) is 10.9. The van der Waals surface area contributed by atoms with Crippen LogP contribution < -0.4 is 5.32 Å². The van der Waals surface area contributed by atoms with Crippen LogP contribution in [-0.2, 0) is 4.74 Å². The monoisotopic (exact) mass is 213 g/mol. The molecule has 1 aliphatic carbocycles. The van der Waals surface area contributed by atoms with Crippen LogP contribution in [0.1, 0.15) is 51.9 Å². The van der Waals surface area contributed by atoms with Crippen LogP contribution in [0.4, 0.5) is 0 Å². The third kappa shape index (κ3) is 6.16. The van der Waals surface area contributed by atoms with E-state index in [1.807, 2.05) is 0 Å². The van der Waals surface area contributed by atoms with Crippen LogP contribution in [0.15, 0.2) is 0 Å². The molecule has 1 fully saturated rings. The highest BCUT2D eigenvalue weighted by molar-refractivity contribution is 4.67. The van der Waals surface area contributed by atoms with Crippen molar-refractivity contribution in [3.8, 4) is 0 Å². The standard InChI is InChI=1S/C13H27NO/c1-12(11-15-2)14-10-6-5-9-13-7-3-4-8-13/h12-14H,3-11H2,1-2H3. The maximum Gasteiger partial charge on any atom is 0.0613 e. The van der Waals surface area contributed by atoms with Gasteiger partial charge >= 0.3 is 0 Å². The minimum atomic E-state index is 0.501. The second-order valence-corrected chi connectivity index (χ2v) is 4.96. The van der Waals surface area contributed by atoms with Crippen molar-refractivity contribution in [2.75, 3.05) is 20.3 Å². The Morgan fingerprint density at radius 2 is 2.00 bits per heavy atom. The highest BCUT2D eigenvalue weighted by Gasteiger charge is 2.13. The zero-order valence-corrected chi connectivity index (χ0v) is 10.4. The van der Waals surface area contributed by atoms with Crippen molar-refractivity contribution in [3.63, 3.8) is 0 Å². The first-order valence-electron chi connectivity index (χ1n) is 6.55. The van der Waals surface area contributed by atoms with Crippen molar-refractivity contribution in [2.24, 2.45) is 5.92 Å². The number of hydrogen-bond donors (Lipinski definition) is 1. The minimum absolute atomic E-state index is 0.501. The van der Waals surface area contributed by atoms with E-state index in [0.29, 0.717) is 6.04 Å². The molecule has 1 saturated carbocycles. The molecule has 0 bridgehead atoms. The lowest BCUT2D eigenvalue weighted by molar-refractivity contribution is 0.172. The molecule has 1 N–H and O–H groups in total. The summed E-state index contributed by atoms with van der Waals surface area (Å²) in [5.41, 5.74) is 0. The van der Waals surface area contributed by atoms with Crippen molar-refractivity contribution < 1.29 is 4.74 Å². The summed E-state index contributed by atoms with van der Waals surface area (Å²) in [5.74, 6) is 1.06.